The molecule has 0 aromatic carbocycles. The minimum absolute atomic E-state index is 0.0743. The van der Waals surface area contributed by atoms with Crippen molar-refractivity contribution in [3.8, 4) is 0 Å². The van der Waals surface area contributed by atoms with Crippen molar-refractivity contribution in [3.05, 3.63) is 47.7 Å². The van der Waals surface area contributed by atoms with Gasteiger partial charge in [-0.1, -0.05) is 11.2 Å². The van der Waals surface area contributed by atoms with Gasteiger partial charge in [0.15, 0.2) is 24.1 Å². The number of amides is 2. The van der Waals surface area contributed by atoms with E-state index >= 15 is 0 Å². The predicted molar refractivity (Wildman–Crippen MR) is 106 cm³/mol. The van der Waals surface area contributed by atoms with Crippen LogP contribution < -0.4 is 20.7 Å². The van der Waals surface area contributed by atoms with Crippen LogP contribution >= 0.6 is 23.3 Å². The van der Waals surface area contributed by atoms with Gasteiger partial charge in [-0.25, -0.2) is 4.57 Å². The predicted octanol–water partition coefficient (Wildman–Crippen LogP) is -2.31. The van der Waals surface area contributed by atoms with E-state index in [0.717, 1.165) is 16.4 Å². The molecule has 12 nitrogen and oxygen atoms in total. The highest BCUT2D eigenvalue weighted by Gasteiger charge is 2.53. The number of oxime groups is 1. The Morgan fingerprint density at radius 1 is 1.39 bits per heavy atom. The van der Waals surface area contributed by atoms with E-state index in [9.17, 15) is 19.5 Å². The third kappa shape index (κ3) is 3.82. The summed E-state index contributed by atoms with van der Waals surface area (Å²) in [4.78, 5) is 41.9. The number of carboxylic acids is 1. The number of nitrogens with two attached hydrogens (primary N) is 1. The van der Waals surface area contributed by atoms with E-state index in [1.807, 2.05) is 18.2 Å². The van der Waals surface area contributed by atoms with Crippen LogP contribution in [0.15, 0.2) is 47.0 Å². The van der Waals surface area contributed by atoms with E-state index in [4.69, 9.17) is 10.9 Å². The second-order valence-corrected chi connectivity index (χ2v) is 8.44. The minimum atomic E-state index is -1.46. The first-order valence-corrected chi connectivity index (χ1v) is 10.7. The van der Waals surface area contributed by atoms with Crippen LogP contribution in [0.5, 0.6) is 0 Å². The Morgan fingerprint density at radius 3 is 2.74 bits per heavy atom. The summed E-state index contributed by atoms with van der Waals surface area (Å²) in [6, 6.07) is 4.44. The zero-order valence-electron chi connectivity index (χ0n) is 15.7. The summed E-state index contributed by atoms with van der Waals surface area (Å²) in [6.45, 7) is 0.281. The Labute approximate surface area is 183 Å². The SMILES string of the molecule is Nc1nc(C(=NO)C(=O)NC2C(=O)N3C(C(=O)[O-])=C(C[n+]4ccccc4)CS[C@H]23)ns1. The maximum absolute atomic E-state index is 12.7. The number of carbonyl (C=O) groups is 3. The van der Waals surface area contributed by atoms with Crippen LogP contribution in [-0.2, 0) is 20.9 Å². The zero-order valence-corrected chi connectivity index (χ0v) is 17.3. The number of anilines is 1. The molecule has 4 N–H and O–H groups in total. The lowest BCUT2D eigenvalue weighted by molar-refractivity contribution is -0.689. The Morgan fingerprint density at radius 2 is 2.13 bits per heavy atom. The van der Waals surface area contributed by atoms with Gasteiger partial charge >= 0.3 is 0 Å². The number of nitrogens with one attached hydrogen (secondary N) is 1. The molecule has 2 atom stereocenters. The maximum atomic E-state index is 12.7. The van der Waals surface area contributed by atoms with Crippen molar-refractivity contribution in [1.82, 2.24) is 19.6 Å². The first-order chi connectivity index (χ1) is 14.9. The smallest absolute Gasteiger partial charge is 0.278 e. The number of pyridine rings is 1. The van der Waals surface area contributed by atoms with Crippen LogP contribution in [-0.4, -0.2) is 60.1 Å². The normalized spacial score (nSPS) is 20.8. The number of carboxylic acid groups (broad SMARTS) is 1. The first-order valence-electron chi connectivity index (χ1n) is 8.85. The number of aliphatic carboxylic acids is 1. The number of carbonyl (C=O) groups excluding carboxylic acids is 3. The van der Waals surface area contributed by atoms with Crippen LogP contribution in [0.3, 0.4) is 0 Å². The molecule has 0 bridgehead atoms. The van der Waals surface area contributed by atoms with Gasteiger partial charge in [0.2, 0.25) is 11.5 Å². The number of aromatic nitrogens is 3. The highest BCUT2D eigenvalue weighted by molar-refractivity contribution is 8.00. The molecule has 0 radical (unpaired) electrons. The van der Waals surface area contributed by atoms with Crippen LogP contribution in [0.4, 0.5) is 5.13 Å². The van der Waals surface area contributed by atoms with Crippen molar-refractivity contribution >= 4 is 51.9 Å². The molecule has 0 saturated carbocycles. The van der Waals surface area contributed by atoms with Crippen molar-refractivity contribution in [2.75, 3.05) is 11.5 Å². The molecular formula is C17H15N7O5S2. The van der Waals surface area contributed by atoms with Gasteiger partial charge < -0.3 is 26.2 Å². The lowest BCUT2D eigenvalue weighted by Gasteiger charge is -2.50. The molecule has 1 saturated heterocycles. The van der Waals surface area contributed by atoms with Gasteiger partial charge in [-0.2, -0.15) is 9.36 Å². The molecule has 0 spiro atoms. The largest absolute Gasteiger partial charge is 0.543 e. The van der Waals surface area contributed by atoms with E-state index < -0.39 is 34.9 Å². The van der Waals surface area contributed by atoms with Gasteiger partial charge in [0.25, 0.3) is 11.8 Å². The van der Waals surface area contributed by atoms with E-state index in [1.54, 1.807) is 17.0 Å². The fourth-order valence-electron chi connectivity index (χ4n) is 3.29. The van der Waals surface area contributed by atoms with E-state index in [0.29, 0.717) is 11.3 Å². The van der Waals surface area contributed by atoms with Crippen LogP contribution in [0.2, 0.25) is 0 Å². The molecule has 4 heterocycles. The molecule has 1 unspecified atom stereocenters. The second-order valence-electron chi connectivity index (χ2n) is 6.55. The van der Waals surface area contributed by atoms with Crippen molar-refractivity contribution in [2.45, 2.75) is 18.0 Å². The molecule has 2 aromatic heterocycles. The molecule has 160 valence electrons. The van der Waals surface area contributed by atoms with E-state index in [1.165, 1.54) is 11.8 Å². The van der Waals surface area contributed by atoms with Crippen LogP contribution in [0, 0.1) is 0 Å². The molecule has 2 aliphatic rings. The van der Waals surface area contributed by atoms with Gasteiger partial charge in [-0.15, -0.1) is 11.8 Å². The van der Waals surface area contributed by atoms with Crippen LogP contribution in [0.1, 0.15) is 5.82 Å². The lowest BCUT2D eigenvalue weighted by Crippen LogP contribution is -2.71. The summed E-state index contributed by atoms with van der Waals surface area (Å²) in [7, 11) is 0. The summed E-state index contributed by atoms with van der Waals surface area (Å²) in [5, 5.41) is 25.8. The monoisotopic (exact) mass is 461 g/mol. The minimum Gasteiger partial charge on any atom is -0.543 e. The van der Waals surface area contributed by atoms with Gasteiger partial charge in [-0.3, -0.25) is 14.5 Å². The number of hydrogen-bond donors (Lipinski definition) is 3. The third-order valence-corrected chi connectivity index (χ3v) is 6.53. The zero-order chi connectivity index (χ0) is 22.1. The Balaban J connectivity index is 1.52. The number of fused-ring (bicyclic) bond motifs is 1. The molecular weight excluding hydrogens is 446 g/mol. The number of nitrogens with zero attached hydrogens (tertiary/aromatic N) is 5. The summed E-state index contributed by atoms with van der Waals surface area (Å²) in [5.74, 6) is -2.81. The molecule has 14 heteroatoms. The van der Waals surface area contributed by atoms with E-state index in [-0.39, 0.29) is 23.2 Å². The van der Waals surface area contributed by atoms with E-state index in [2.05, 4.69) is 19.8 Å². The fourth-order valence-corrected chi connectivity index (χ4v) is 5.06. The average Bonchev–Trinajstić information content (AvgIpc) is 3.18. The van der Waals surface area contributed by atoms with Gasteiger partial charge in [-0.05, 0) is 0 Å². The number of β-lactam (4-membered cyclic amide) rings is 1. The fraction of sp³-hybridized carbons (Fsp3) is 0.235. The van der Waals surface area contributed by atoms with Crippen molar-refractivity contribution in [1.29, 1.82) is 0 Å². The lowest BCUT2D eigenvalue weighted by atomic mass is 10.0. The number of rotatable bonds is 6. The summed E-state index contributed by atoms with van der Waals surface area (Å²) in [5.41, 5.74) is 5.30. The van der Waals surface area contributed by atoms with Gasteiger partial charge in [0.1, 0.15) is 11.4 Å². The molecule has 2 aromatic rings. The molecule has 31 heavy (non-hydrogen) atoms. The first kappa shape index (κ1) is 20.7. The number of thioether (sulfide) groups is 1. The number of nitrogen functional groups attached to an aromatic ring is 1. The summed E-state index contributed by atoms with van der Waals surface area (Å²) >= 11 is 2.12. The highest BCUT2D eigenvalue weighted by Crippen LogP contribution is 2.40. The van der Waals surface area contributed by atoms with Gasteiger partial charge in [0, 0.05) is 35.0 Å². The molecule has 1 fully saturated rings. The highest BCUT2D eigenvalue weighted by atomic mass is 32.2. The van der Waals surface area contributed by atoms with Crippen LogP contribution in [0.25, 0.3) is 0 Å². The molecule has 0 aliphatic carbocycles. The third-order valence-electron chi connectivity index (χ3n) is 4.65. The van der Waals surface area contributed by atoms with Gasteiger partial charge in [0.05, 0.1) is 11.7 Å². The Hall–Kier alpha value is -3.52. The average molecular weight is 461 g/mol. The molecule has 2 aliphatic heterocycles. The standard InChI is InChI=1S/C17H15N7O5S2/c18-17-20-12(22-31-17)9(21-29)13(25)19-10-14(26)24-11(16(27)28)8(7-30-15(10)24)6-23-4-2-1-3-5-23/h1-5,10,15H,6-7H2,(H4-,18,19,20,22,25,27,28,29)/t10?,15-/m1/s1. The maximum Gasteiger partial charge on any atom is 0.278 e. The second kappa shape index (κ2) is 8.31. The van der Waals surface area contributed by atoms with Crippen molar-refractivity contribution < 1.29 is 29.3 Å². The Bertz CT molecular complexity index is 1120. The summed E-state index contributed by atoms with van der Waals surface area (Å²) in [6.07, 6.45) is 3.57. The van der Waals surface area contributed by atoms with Crippen molar-refractivity contribution in [3.63, 3.8) is 0 Å². The quantitative estimate of drug-likeness (QED) is 0.140. The van der Waals surface area contributed by atoms with Crippen molar-refractivity contribution in [2.24, 2.45) is 5.16 Å². The number of hydrogen-bond acceptors (Lipinski definition) is 11. The molecule has 2 amide bonds. The molecule has 4 rings (SSSR count). The summed E-state index contributed by atoms with van der Waals surface area (Å²) < 4.78 is 5.59. The topological polar surface area (TPSA) is 178 Å². The Kier molecular flexibility index (Phi) is 5.56.